The van der Waals surface area contributed by atoms with Gasteiger partial charge in [-0.2, -0.15) is 19.7 Å². The van der Waals surface area contributed by atoms with Crippen molar-refractivity contribution in [2.45, 2.75) is 13.3 Å². The fraction of sp³-hybridized carbons (Fsp3) is 0.0741. The second kappa shape index (κ2) is 8.86. The third-order valence-corrected chi connectivity index (χ3v) is 6.71. The Morgan fingerprint density at radius 3 is 2.53 bits per heavy atom. The van der Waals surface area contributed by atoms with Crippen molar-refractivity contribution in [1.82, 2.24) is 24.4 Å². The van der Waals surface area contributed by atoms with Crippen LogP contribution in [0.4, 0.5) is 0 Å². The van der Waals surface area contributed by atoms with E-state index in [1.807, 2.05) is 73.8 Å². The number of hydrogen-bond donors (Lipinski definition) is 0. The Bertz CT molecular complexity index is 1850. The van der Waals surface area contributed by atoms with E-state index in [9.17, 15) is 9.59 Å². The van der Waals surface area contributed by atoms with Crippen LogP contribution in [-0.4, -0.2) is 24.4 Å². The minimum absolute atomic E-state index is 0.228. The molecule has 4 aromatic heterocycles. The van der Waals surface area contributed by atoms with E-state index in [1.165, 1.54) is 4.52 Å². The van der Waals surface area contributed by atoms with E-state index >= 15 is 0 Å². The molecule has 0 aliphatic heterocycles. The highest BCUT2D eigenvalue weighted by Gasteiger charge is 2.16. The summed E-state index contributed by atoms with van der Waals surface area (Å²) in [6, 6.07) is 21.1. The van der Waals surface area contributed by atoms with Crippen LogP contribution in [0.15, 0.2) is 93.2 Å². The Morgan fingerprint density at radius 1 is 0.972 bits per heavy atom. The monoisotopic (exact) mass is 493 g/mol. The molecule has 0 fully saturated rings. The van der Waals surface area contributed by atoms with E-state index in [2.05, 4.69) is 10.1 Å². The maximum Gasteiger partial charge on any atom is 0.296 e. The summed E-state index contributed by atoms with van der Waals surface area (Å²) in [6.45, 7) is 2.00. The number of nitrogens with zero attached hydrogens (tertiary/aromatic N) is 5. The predicted octanol–water partition coefficient (Wildman–Crippen LogP) is 3.40. The van der Waals surface area contributed by atoms with Crippen molar-refractivity contribution in [1.29, 1.82) is 0 Å². The topological polar surface area (TPSA) is 95.3 Å². The molecule has 0 N–H and O–H groups in total. The molecule has 0 radical (unpaired) electrons. The Labute approximate surface area is 208 Å². The summed E-state index contributed by atoms with van der Waals surface area (Å²) in [6.07, 6.45) is 5.45. The van der Waals surface area contributed by atoms with Crippen LogP contribution in [-0.2, 0) is 6.42 Å². The first-order valence-electron chi connectivity index (χ1n) is 11.2. The van der Waals surface area contributed by atoms with Gasteiger partial charge in [0.2, 0.25) is 4.96 Å². The molecule has 0 spiro atoms. The lowest BCUT2D eigenvalue weighted by Crippen LogP contribution is -2.28. The number of aromatic nitrogens is 5. The predicted molar refractivity (Wildman–Crippen MR) is 137 cm³/mol. The second-order valence-electron chi connectivity index (χ2n) is 8.33. The zero-order chi connectivity index (χ0) is 24.6. The molecule has 176 valence electrons. The third-order valence-electron chi connectivity index (χ3n) is 5.75. The van der Waals surface area contributed by atoms with Crippen molar-refractivity contribution in [3.05, 3.63) is 127 Å². The van der Waals surface area contributed by atoms with E-state index in [4.69, 9.17) is 9.52 Å². The van der Waals surface area contributed by atoms with Gasteiger partial charge in [-0.05, 0) is 42.8 Å². The van der Waals surface area contributed by atoms with Crippen LogP contribution in [0.1, 0.15) is 22.4 Å². The lowest BCUT2D eigenvalue weighted by molar-refractivity contribution is 0.579. The smallest absolute Gasteiger partial charge is 0.296 e. The van der Waals surface area contributed by atoms with E-state index < -0.39 is 5.56 Å². The highest BCUT2D eigenvalue weighted by atomic mass is 32.1. The third kappa shape index (κ3) is 4.05. The van der Waals surface area contributed by atoms with Crippen molar-refractivity contribution in [2.75, 3.05) is 0 Å². The van der Waals surface area contributed by atoms with Crippen LogP contribution in [0, 0.1) is 6.92 Å². The van der Waals surface area contributed by atoms with E-state index in [0.717, 1.165) is 28.2 Å². The molecule has 0 bridgehead atoms. The number of thiazole rings is 1. The molecule has 0 amide bonds. The summed E-state index contributed by atoms with van der Waals surface area (Å²) >= 11 is 1.11. The number of hydrogen-bond acceptors (Lipinski definition) is 7. The lowest BCUT2D eigenvalue weighted by Gasteiger charge is -2.01. The van der Waals surface area contributed by atoms with Crippen LogP contribution >= 0.6 is 11.3 Å². The van der Waals surface area contributed by atoms with Crippen LogP contribution in [0.3, 0.4) is 0 Å². The van der Waals surface area contributed by atoms with Gasteiger partial charge in [-0.15, -0.1) is 0 Å². The zero-order valence-electron chi connectivity index (χ0n) is 19.2. The Morgan fingerprint density at radius 2 is 1.78 bits per heavy atom. The normalized spacial score (nSPS) is 12.0. The maximum atomic E-state index is 13.3. The summed E-state index contributed by atoms with van der Waals surface area (Å²) in [7, 11) is 0. The van der Waals surface area contributed by atoms with Crippen LogP contribution < -0.4 is 15.7 Å². The average Bonchev–Trinajstić information content (AvgIpc) is 3.62. The van der Waals surface area contributed by atoms with Crippen molar-refractivity contribution in [3.63, 3.8) is 0 Å². The summed E-state index contributed by atoms with van der Waals surface area (Å²) < 4.78 is 8.92. The molecule has 2 aromatic carbocycles. The first kappa shape index (κ1) is 21.9. The van der Waals surface area contributed by atoms with Gasteiger partial charge < -0.3 is 4.42 Å². The van der Waals surface area contributed by atoms with E-state index in [1.54, 1.807) is 23.1 Å². The van der Waals surface area contributed by atoms with Crippen molar-refractivity contribution in [2.24, 2.45) is 0 Å². The first-order valence-corrected chi connectivity index (χ1v) is 12.1. The van der Waals surface area contributed by atoms with Crippen LogP contribution in [0.5, 0.6) is 0 Å². The molecular weight excluding hydrogens is 474 g/mol. The minimum atomic E-state index is -0.434. The zero-order valence-corrected chi connectivity index (χ0v) is 20.0. The molecule has 4 heterocycles. The highest BCUT2D eigenvalue weighted by molar-refractivity contribution is 7.15. The number of para-hydroxylation sites is 1. The van der Waals surface area contributed by atoms with Gasteiger partial charge >= 0.3 is 0 Å². The van der Waals surface area contributed by atoms with Gasteiger partial charge in [0.1, 0.15) is 11.4 Å². The van der Waals surface area contributed by atoms with Gasteiger partial charge in [0.25, 0.3) is 11.1 Å². The van der Waals surface area contributed by atoms with Gasteiger partial charge in [0.05, 0.1) is 16.5 Å². The van der Waals surface area contributed by atoms with Crippen molar-refractivity contribution in [3.8, 4) is 17.1 Å². The van der Waals surface area contributed by atoms with Crippen LogP contribution in [0.2, 0.25) is 0 Å². The molecule has 6 aromatic rings. The summed E-state index contributed by atoms with van der Waals surface area (Å²) in [5.74, 6) is 0.579. The minimum Gasteiger partial charge on any atom is -0.463 e. The van der Waals surface area contributed by atoms with E-state index in [0.29, 0.717) is 28.0 Å². The molecule has 6 rings (SSSR count). The second-order valence-corrected chi connectivity index (χ2v) is 9.34. The number of aryl methyl sites for hydroxylation is 1. The Kier molecular flexibility index (Phi) is 5.38. The molecule has 0 aliphatic carbocycles. The maximum absolute atomic E-state index is 13.3. The number of benzene rings is 2. The SMILES string of the molecule is Cc1ccc(Cc2nn3c(=O)c(=Cc4cn(-c5ccccc5)nc4-c4ccco4)sc3nc2=O)cc1. The number of furan rings is 1. The van der Waals surface area contributed by atoms with E-state index in [-0.39, 0.29) is 16.2 Å². The first-order chi connectivity index (χ1) is 17.5. The summed E-state index contributed by atoms with van der Waals surface area (Å²) in [5.41, 5.74) is 3.67. The molecular formula is C27H19N5O3S. The highest BCUT2D eigenvalue weighted by Crippen LogP contribution is 2.24. The molecule has 8 nitrogen and oxygen atoms in total. The molecule has 0 aliphatic rings. The van der Waals surface area contributed by atoms with Gasteiger partial charge in [0.15, 0.2) is 5.76 Å². The molecule has 0 saturated carbocycles. The summed E-state index contributed by atoms with van der Waals surface area (Å²) in [4.78, 5) is 30.3. The van der Waals surface area contributed by atoms with Gasteiger partial charge in [-0.3, -0.25) is 9.59 Å². The largest absolute Gasteiger partial charge is 0.463 e. The molecule has 0 unspecified atom stereocenters. The van der Waals surface area contributed by atoms with Crippen molar-refractivity contribution >= 4 is 22.4 Å². The van der Waals surface area contributed by atoms with Gasteiger partial charge in [-0.25, -0.2) is 4.68 Å². The van der Waals surface area contributed by atoms with Crippen molar-refractivity contribution < 1.29 is 4.42 Å². The fourth-order valence-electron chi connectivity index (χ4n) is 3.90. The molecule has 9 heteroatoms. The molecule has 0 atom stereocenters. The molecule has 0 saturated heterocycles. The number of fused-ring (bicyclic) bond motifs is 1. The Balaban J connectivity index is 1.47. The van der Waals surface area contributed by atoms with Gasteiger partial charge in [-0.1, -0.05) is 59.4 Å². The molecule has 36 heavy (non-hydrogen) atoms. The van der Waals surface area contributed by atoms with Gasteiger partial charge in [0, 0.05) is 18.2 Å². The summed E-state index contributed by atoms with van der Waals surface area (Å²) in [5, 5.41) is 9.05. The van der Waals surface area contributed by atoms with Crippen LogP contribution in [0.25, 0.3) is 28.2 Å². The lowest BCUT2D eigenvalue weighted by atomic mass is 10.1. The fourth-order valence-corrected chi connectivity index (χ4v) is 4.80. The average molecular weight is 494 g/mol. The standard InChI is InChI=1S/C27H19N5O3S/c1-17-9-11-18(12-10-17)14-21-25(33)28-27-32(29-21)26(34)23(36-27)15-19-16-31(20-6-3-2-4-7-20)30-24(19)22-8-5-13-35-22/h2-13,15-16H,14H2,1H3. The quantitative estimate of drug-likeness (QED) is 0.365. The number of rotatable bonds is 5. The Hall–Kier alpha value is -4.63.